The third-order valence-corrected chi connectivity index (χ3v) is 4.53. The van der Waals surface area contributed by atoms with E-state index in [1.54, 1.807) is 41.0 Å². The van der Waals surface area contributed by atoms with Crippen molar-refractivity contribution in [2.24, 2.45) is 0 Å². The van der Waals surface area contributed by atoms with Crippen LogP contribution in [0.2, 0.25) is 0 Å². The molecule has 0 spiro atoms. The van der Waals surface area contributed by atoms with Crippen LogP contribution in [0.1, 0.15) is 18.3 Å². The molecule has 0 amide bonds. The van der Waals surface area contributed by atoms with Gasteiger partial charge in [0.05, 0.1) is 23.2 Å². The largest absolute Gasteiger partial charge is 0.508 e. The van der Waals surface area contributed by atoms with Crippen molar-refractivity contribution in [1.29, 1.82) is 0 Å². The number of hydrogen-bond acceptors (Lipinski definition) is 4. The predicted octanol–water partition coefficient (Wildman–Crippen LogP) is 4.66. The number of phenols is 1. The fraction of sp³-hybridized carbons (Fsp3) is 0.0833. The SMILES string of the molecule is CCOc1ccc(-n2c(/C=C/c3ccc(O)cc3)nc3ccccc3c2=O)cc1. The maximum absolute atomic E-state index is 13.2. The highest BCUT2D eigenvalue weighted by Crippen LogP contribution is 2.19. The molecular formula is C24H20N2O3. The molecule has 1 heterocycles. The van der Waals surface area contributed by atoms with Gasteiger partial charge in [0.2, 0.25) is 0 Å². The van der Waals surface area contributed by atoms with Crippen LogP contribution < -0.4 is 10.3 Å². The number of hydrogen-bond donors (Lipinski definition) is 1. The second kappa shape index (κ2) is 8.02. The number of ether oxygens (including phenoxy) is 1. The van der Waals surface area contributed by atoms with Crippen LogP contribution in [0.3, 0.4) is 0 Å². The monoisotopic (exact) mass is 384 g/mol. The Morgan fingerprint density at radius 1 is 0.966 bits per heavy atom. The quantitative estimate of drug-likeness (QED) is 0.543. The van der Waals surface area contributed by atoms with Crippen LogP contribution in [-0.2, 0) is 0 Å². The van der Waals surface area contributed by atoms with Gasteiger partial charge in [0, 0.05) is 0 Å². The molecule has 0 radical (unpaired) electrons. The highest BCUT2D eigenvalue weighted by molar-refractivity contribution is 5.80. The van der Waals surface area contributed by atoms with E-state index in [1.165, 1.54) is 0 Å². The van der Waals surface area contributed by atoms with Crippen LogP contribution in [0.15, 0.2) is 77.6 Å². The fourth-order valence-electron chi connectivity index (χ4n) is 3.13. The smallest absolute Gasteiger partial charge is 0.266 e. The minimum absolute atomic E-state index is 0.134. The Morgan fingerprint density at radius 3 is 2.41 bits per heavy atom. The van der Waals surface area contributed by atoms with Crippen molar-refractivity contribution in [2.75, 3.05) is 6.61 Å². The molecule has 3 aromatic carbocycles. The standard InChI is InChI=1S/C24H20N2O3/c1-2-29-20-14-10-18(11-15-20)26-23(16-9-17-7-12-19(27)13-8-17)25-22-6-4-3-5-21(22)24(26)28/h3-16,27H,2H2,1H3/b16-9+. The van der Waals surface area contributed by atoms with Crippen LogP contribution in [0, 0.1) is 0 Å². The first-order valence-corrected chi connectivity index (χ1v) is 9.38. The fourth-order valence-corrected chi connectivity index (χ4v) is 3.13. The van der Waals surface area contributed by atoms with Crippen LogP contribution >= 0.6 is 0 Å². The normalized spacial score (nSPS) is 11.2. The molecule has 1 N–H and O–H groups in total. The lowest BCUT2D eigenvalue weighted by atomic mass is 10.2. The summed E-state index contributed by atoms with van der Waals surface area (Å²) in [7, 11) is 0. The van der Waals surface area contributed by atoms with E-state index in [2.05, 4.69) is 0 Å². The topological polar surface area (TPSA) is 64.3 Å². The van der Waals surface area contributed by atoms with Crippen LogP contribution in [0.4, 0.5) is 0 Å². The predicted molar refractivity (Wildman–Crippen MR) is 116 cm³/mol. The van der Waals surface area contributed by atoms with Crippen molar-refractivity contribution in [3.05, 3.63) is 94.5 Å². The van der Waals surface area contributed by atoms with E-state index in [-0.39, 0.29) is 11.3 Å². The average Bonchev–Trinajstić information content (AvgIpc) is 2.75. The Morgan fingerprint density at radius 2 is 1.69 bits per heavy atom. The van der Waals surface area contributed by atoms with Crippen LogP contribution in [-0.4, -0.2) is 21.3 Å². The number of nitrogens with zero attached hydrogens (tertiary/aromatic N) is 2. The molecule has 5 nitrogen and oxygen atoms in total. The van der Waals surface area contributed by atoms with Gasteiger partial charge < -0.3 is 9.84 Å². The van der Waals surface area contributed by atoms with Gasteiger partial charge in [-0.3, -0.25) is 9.36 Å². The summed E-state index contributed by atoms with van der Waals surface area (Å²) in [6.07, 6.45) is 3.66. The van der Waals surface area contributed by atoms with Gasteiger partial charge in [-0.2, -0.15) is 0 Å². The summed E-state index contributed by atoms with van der Waals surface area (Å²) in [6, 6.07) is 21.5. The van der Waals surface area contributed by atoms with Gasteiger partial charge in [0.25, 0.3) is 5.56 Å². The highest BCUT2D eigenvalue weighted by atomic mass is 16.5. The van der Waals surface area contributed by atoms with Gasteiger partial charge in [-0.15, -0.1) is 0 Å². The second-order valence-electron chi connectivity index (χ2n) is 6.48. The molecule has 4 rings (SSSR count). The zero-order valence-corrected chi connectivity index (χ0v) is 15.9. The van der Waals surface area contributed by atoms with Gasteiger partial charge in [-0.25, -0.2) is 4.98 Å². The van der Waals surface area contributed by atoms with Gasteiger partial charge in [-0.1, -0.05) is 30.3 Å². The number of para-hydroxylation sites is 1. The summed E-state index contributed by atoms with van der Waals surface area (Å²) in [5, 5.41) is 10.0. The van der Waals surface area contributed by atoms with Gasteiger partial charge in [0.15, 0.2) is 0 Å². The molecule has 0 saturated carbocycles. The number of benzene rings is 3. The Kier molecular flexibility index (Phi) is 5.12. The second-order valence-corrected chi connectivity index (χ2v) is 6.48. The number of aromatic nitrogens is 2. The molecule has 0 fully saturated rings. The molecule has 144 valence electrons. The molecule has 0 bridgehead atoms. The Labute approximate surface area is 168 Å². The molecular weight excluding hydrogens is 364 g/mol. The first-order chi connectivity index (χ1) is 14.2. The summed E-state index contributed by atoms with van der Waals surface area (Å²) in [4.78, 5) is 17.9. The number of phenolic OH excluding ortho intramolecular Hbond substituents is 1. The van der Waals surface area contributed by atoms with Crippen molar-refractivity contribution in [3.63, 3.8) is 0 Å². The molecule has 0 atom stereocenters. The average molecular weight is 384 g/mol. The molecule has 4 aromatic rings. The van der Waals surface area contributed by atoms with E-state index in [4.69, 9.17) is 9.72 Å². The summed E-state index contributed by atoms with van der Waals surface area (Å²) in [5.74, 6) is 1.47. The van der Waals surface area contributed by atoms with Gasteiger partial charge in [0.1, 0.15) is 17.3 Å². The van der Waals surface area contributed by atoms with E-state index in [0.29, 0.717) is 29.0 Å². The van der Waals surface area contributed by atoms with Crippen molar-refractivity contribution >= 4 is 23.1 Å². The Balaban J connectivity index is 1.86. The molecule has 0 saturated heterocycles. The maximum Gasteiger partial charge on any atom is 0.266 e. The van der Waals surface area contributed by atoms with Crippen molar-refractivity contribution in [3.8, 4) is 17.2 Å². The molecule has 0 aliphatic rings. The zero-order chi connectivity index (χ0) is 20.2. The first-order valence-electron chi connectivity index (χ1n) is 9.38. The summed E-state index contributed by atoms with van der Waals surface area (Å²) >= 11 is 0. The van der Waals surface area contributed by atoms with E-state index >= 15 is 0 Å². The van der Waals surface area contributed by atoms with Crippen molar-refractivity contribution in [1.82, 2.24) is 9.55 Å². The first kappa shape index (κ1) is 18.5. The molecule has 1 aromatic heterocycles. The van der Waals surface area contributed by atoms with Gasteiger partial charge >= 0.3 is 0 Å². The molecule has 0 unspecified atom stereocenters. The summed E-state index contributed by atoms with van der Waals surface area (Å²) in [5.41, 5.74) is 2.11. The number of rotatable bonds is 5. The maximum atomic E-state index is 13.2. The minimum Gasteiger partial charge on any atom is -0.508 e. The van der Waals surface area contributed by atoms with Gasteiger partial charge in [-0.05, 0) is 67.1 Å². The van der Waals surface area contributed by atoms with E-state index in [9.17, 15) is 9.90 Å². The Bertz CT molecular complexity index is 1220. The molecule has 5 heteroatoms. The number of aromatic hydroxyl groups is 1. The molecule has 29 heavy (non-hydrogen) atoms. The molecule has 0 aliphatic heterocycles. The van der Waals surface area contributed by atoms with E-state index in [1.807, 2.05) is 55.5 Å². The van der Waals surface area contributed by atoms with Crippen molar-refractivity contribution in [2.45, 2.75) is 6.92 Å². The highest BCUT2D eigenvalue weighted by Gasteiger charge is 2.11. The lowest BCUT2D eigenvalue weighted by Gasteiger charge is -2.12. The van der Waals surface area contributed by atoms with Crippen LogP contribution in [0.25, 0.3) is 28.7 Å². The van der Waals surface area contributed by atoms with Crippen LogP contribution in [0.5, 0.6) is 11.5 Å². The third-order valence-electron chi connectivity index (χ3n) is 4.53. The van der Waals surface area contributed by atoms with E-state index < -0.39 is 0 Å². The Hall–Kier alpha value is -3.86. The summed E-state index contributed by atoms with van der Waals surface area (Å²) < 4.78 is 7.10. The lowest BCUT2D eigenvalue weighted by molar-refractivity contribution is 0.340. The summed E-state index contributed by atoms with van der Waals surface area (Å²) in [6.45, 7) is 2.51. The third kappa shape index (κ3) is 3.89. The zero-order valence-electron chi connectivity index (χ0n) is 15.9. The van der Waals surface area contributed by atoms with E-state index in [0.717, 1.165) is 11.3 Å². The molecule has 0 aliphatic carbocycles. The number of fused-ring (bicyclic) bond motifs is 1. The lowest BCUT2D eigenvalue weighted by Crippen LogP contribution is -2.22. The van der Waals surface area contributed by atoms with Crippen molar-refractivity contribution < 1.29 is 9.84 Å². The minimum atomic E-state index is -0.134.